The number of amides is 1. The number of nitrogens with zero attached hydrogens (tertiary/aromatic N) is 3. The molecule has 1 heterocycles. The van der Waals surface area contributed by atoms with E-state index in [9.17, 15) is 19.7 Å². The second kappa shape index (κ2) is 8.68. The molecule has 9 heteroatoms. The number of nitro benzene ring substituents is 1. The maximum Gasteiger partial charge on any atom is 0.338 e. The molecule has 1 amide bonds. The van der Waals surface area contributed by atoms with Gasteiger partial charge in [0.15, 0.2) is 6.61 Å². The van der Waals surface area contributed by atoms with Crippen LogP contribution in [0.1, 0.15) is 16.2 Å². The monoisotopic (exact) mass is 430 g/mol. The number of benzene rings is 3. The van der Waals surface area contributed by atoms with Crippen LogP contribution in [0.15, 0.2) is 72.8 Å². The van der Waals surface area contributed by atoms with Gasteiger partial charge in [0.05, 0.1) is 21.5 Å². The van der Waals surface area contributed by atoms with E-state index < -0.39 is 23.4 Å². The smallest absolute Gasteiger partial charge is 0.338 e. The molecule has 4 rings (SSSR count). The summed E-state index contributed by atoms with van der Waals surface area (Å²) in [5, 5.41) is 13.3. The number of nitro groups is 1. The predicted molar refractivity (Wildman–Crippen MR) is 118 cm³/mol. The number of ether oxygens (including phenoxy) is 1. The highest BCUT2D eigenvalue weighted by molar-refractivity contribution is 5.97. The van der Waals surface area contributed by atoms with Crippen LogP contribution in [0.2, 0.25) is 0 Å². The van der Waals surface area contributed by atoms with Crippen LogP contribution in [0.4, 0.5) is 11.4 Å². The average molecular weight is 430 g/mol. The Kier molecular flexibility index (Phi) is 5.63. The fraction of sp³-hybridized carbons (Fsp3) is 0.0870. The quantitative estimate of drug-likeness (QED) is 0.280. The first-order chi connectivity index (χ1) is 15.4. The Balaban J connectivity index is 1.44. The lowest BCUT2D eigenvalue weighted by Gasteiger charge is -2.08. The van der Waals surface area contributed by atoms with E-state index in [0.29, 0.717) is 5.52 Å². The second-order valence-corrected chi connectivity index (χ2v) is 6.97. The number of carbonyl (C=O) groups excluding carboxylic acids is 2. The van der Waals surface area contributed by atoms with Crippen molar-refractivity contribution in [1.82, 2.24) is 9.55 Å². The van der Waals surface area contributed by atoms with E-state index in [1.54, 1.807) is 18.2 Å². The molecule has 32 heavy (non-hydrogen) atoms. The minimum absolute atomic E-state index is 0.154. The van der Waals surface area contributed by atoms with E-state index in [1.807, 2.05) is 41.8 Å². The molecule has 4 aromatic rings. The minimum atomic E-state index is -0.673. The zero-order chi connectivity index (χ0) is 22.7. The van der Waals surface area contributed by atoms with Crippen LogP contribution >= 0.6 is 0 Å². The van der Waals surface area contributed by atoms with Crippen molar-refractivity contribution < 1.29 is 19.2 Å². The van der Waals surface area contributed by atoms with Crippen molar-refractivity contribution in [3.05, 3.63) is 94.3 Å². The van der Waals surface area contributed by atoms with Gasteiger partial charge in [-0.1, -0.05) is 24.3 Å². The maximum atomic E-state index is 12.4. The number of imidazole rings is 1. The number of esters is 1. The van der Waals surface area contributed by atoms with E-state index in [4.69, 9.17) is 4.74 Å². The third kappa shape index (κ3) is 4.31. The van der Waals surface area contributed by atoms with Crippen molar-refractivity contribution in [1.29, 1.82) is 0 Å². The van der Waals surface area contributed by atoms with Gasteiger partial charge < -0.3 is 10.1 Å². The third-order valence-electron chi connectivity index (χ3n) is 4.75. The number of hydrogen-bond acceptors (Lipinski definition) is 6. The summed E-state index contributed by atoms with van der Waals surface area (Å²) in [4.78, 5) is 39.3. The molecule has 0 aliphatic carbocycles. The summed E-state index contributed by atoms with van der Waals surface area (Å²) in [6.07, 6.45) is 0. The minimum Gasteiger partial charge on any atom is -0.452 e. The fourth-order valence-electron chi connectivity index (χ4n) is 3.34. The number of carbonyl (C=O) groups is 2. The molecule has 0 bridgehead atoms. The van der Waals surface area contributed by atoms with Crippen molar-refractivity contribution in [2.75, 3.05) is 11.9 Å². The molecule has 1 N–H and O–H groups in total. The van der Waals surface area contributed by atoms with Crippen molar-refractivity contribution >= 4 is 34.3 Å². The van der Waals surface area contributed by atoms with Gasteiger partial charge in [0.2, 0.25) is 0 Å². The Hall–Kier alpha value is -4.53. The summed E-state index contributed by atoms with van der Waals surface area (Å²) in [5.74, 6) is -0.509. The molecule has 0 radical (unpaired) electrons. The molecule has 0 spiro atoms. The van der Waals surface area contributed by atoms with Crippen LogP contribution in [0.25, 0.3) is 16.7 Å². The zero-order valence-corrected chi connectivity index (χ0v) is 17.0. The van der Waals surface area contributed by atoms with E-state index in [-0.39, 0.29) is 16.9 Å². The lowest BCUT2D eigenvalue weighted by molar-refractivity contribution is -0.384. The topological polar surface area (TPSA) is 116 Å². The summed E-state index contributed by atoms with van der Waals surface area (Å²) >= 11 is 0. The zero-order valence-electron chi connectivity index (χ0n) is 17.0. The first kappa shape index (κ1) is 20.7. The van der Waals surface area contributed by atoms with Crippen LogP contribution in [0.5, 0.6) is 0 Å². The number of nitrogens with one attached hydrogen (secondary N) is 1. The molecule has 0 unspecified atom stereocenters. The van der Waals surface area contributed by atoms with Crippen LogP contribution < -0.4 is 5.32 Å². The van der Waals surface area contributed by atoms with E-state index in [0.717, 1.165) is 17.0 Å². The first-order valence-corrected chi connectivity index (χ1v) is 9.68. The van der Waals surface area contributed by atoms with Gasteiger partial charge in [0.1, 0.15) is 5.82 Å². The summed E-state index contributed by atoms with van der Waals surface area (Å²) in [7, 11) is 0. The molecule has 0 aliphatic rings. The molecular formula is C23H18N4O5. The number of fused-ring (bicyclic) bond motifs is 1. The Morgan fingerprint density at radius 3 is 2.59 bits per heavy atom. The van der Waals surface area contributed by atoms with E-state index in [2.05, 4.69) is 10.3 Å². The molecular weight excluding hydrogens is 412 g/mol. The van der Waals surface area contributed by atoms with Gasteiger partial charge in [0, 0.05) is 23.5 Å². The number of para-hydroxylation sites is 1. The number of rotatable bonds is 6. The fourth-order valence-corrected chi connectivity index (χ4v) is 3.34. The number of aryl methyl sites for hydroxylation is 1. The Bertz CT molecular complexity index is 1330. The normalized spacial score (nSPS) is 10.7. The van der Waals surface area contributed by atoms with Gasteiger partial charge in [-0.2, -0.15) is 0 Å². The highest BCUT2D eigenvalue weighted by atomic mass is 16.6. The Morgan fingerprint density at radius 1 is 1.06 bits per heavy atom. The third-order valence-corrected chi connectivity index (χ3v) is 4.75. The molecule has 3 aromatic carbocycles. The van der Waals surface area contributed by atoms with Crippen LogP contribution in [-0.4, -0.2) is 33.0 Å². The standard InChI is InChI=1S/C23H18N4O5/c1-15-24-20-12-16(10-11-21(20)26(15)18-7-3-2-4-8-18)23(29)32-14-22(28)25-17-6-5-9-19(13-17)27(30)31/h2-13H,14H2,1H3,(H,25,28). The summed E-state index contributed by atoms with van der Waals surface area (Å²) in [6, 6.07) is 20.2. The number of hydrogen-bond donors (Lipinski definition) is 1. The van der Waals surface area contributed by atoms with Crippen molar-refractivity contribution in [2.45, 2.75) is 6.92 Å². The van der Waals surface area contributed by atoms with Crippen LogP contribution in [-0.2, 0) is 9.53 Å². The molecule has 1 aromatic heterocycles. The van der Waals surface area contributed by atoms with Gasteiger partial charge in [0.25, 0.3) is 11.6 Å². The average Bonchev–Trinajstić information content (AvgIpc) is 3.13. The molecule has 0 fully saturated rings. The summed E-state index contributed by atoms with van der Waals surface area (Å²) < 4.78 is 7.07. The van der Waals surface area contributed by atoms with Gasteiger partial charge in [-0.3, -0.25) is 19.5 Å². The van der Waals surface area contributed by atoms with Gasteiger partial charge in [-0.05, 0) is 43.3 Å². The molecule has 160 valence electrons. The number of aromatic nitrogens is 2. The van der Waals surface area contributed by atoms with Gasteiger partial charge >= 0.3 is 5.97 Å². The van der Waals surface area contributed by atoms with Gasteiger partial charge in [-0.25, -0.2) is 9.78 Å². The first-order valence-electron chi connectivity index (χ1n) is 9.68. The Labute approximate surface area is 182 Å². The highest BCUT2D eigenvalue weighted by Crippen LogP contribution is 2.23. The van der Waals surface area contributed by atoms with Crippen LogP contribution in [0, 0.1) is 17.0 Å². The largest absolute Gasteiger partial charge is 0.452 e. The van der Waals surface area contributed by atoms with E-state index >= 15 is 0 Å². The molecule has 9 nitrogen and oxygen atoms in total. The molecule has 0 aliphatic heterocycles. The van der Waals surface area contributed by atoms with E-state index in [1.165, 1.54) is 24.3 Å². The van der Waals surface area contributed by atoms with Crippen molar-refractivity contribution in [3.8, 4) is 5.69 Å². The number of anilines is 1. The van der Waals surface area contributed by atoms with Crippen molar-refractivity contribution in [2.24, 2.45) is 0 Å². The highest BCUT2D eigenvalue weighted by Gasteiger charge is 2.15. The Morgan fingerprint density at radius 2 is 1.84 bits per heavy atom. The summed E-state index contributed by atoms with van der Waals surface area (Å²) in [6.45, 7) is 1.35. The summed E-state index contributed by atoms with van der Waals surface area (Å²) in [5.41, 5.74) is 2.77. The lowest BCUT2D eigenvalue weighted by Crippen LogP contribution is -2.21. The molecule has 0 atom stereocenters. The van der Waals surface area contributed by atoms with Crippen molar-refractivity contribution in [3.63, 3.8) is 0 Å². The number of non-ortho nitro benzene ring substituents is 1. The predicted octanol–water partition coefficient (Wildman–Crippen LogP) is 4.04. The van der Waals surface area contributed by atoms with Crippen LogP contribution in [0.3, 0.4) is 0 Å². The second-order valence-electron chi connectivity index (χ2n) is 6.97. The van der Waals surface area contributed by atoms with Gasteiger partial charge in [-0.15, -0.1) is 0 Å². The lowest BCUT2D eigenvalue weighted by atomic mass is 10.2. The molecule has 0 saturated heterocycles. The molecule has 0 saturated carbocycles. The maximum absolute atomic E-state index is 12.4. The SMILES string of the molecule is Cc1nc2cc(C(=O)OCC(=O)Nc3cccc([N+](=O)[O-])c3)ccc2n1-c1ccccc1.